The van der Waals surface area contributed by atoms with Gasteiger partial charge < -0.3 is 16.2 Å². The number of ether oxygens (including phenoxy) is 1. The molecule has 0 bridgehead atoms. The van der Waals surface area contributed by atoms with Crippen molar-refractivity contribution in [2.45, 2.75) is 26.2 Å². The first-order chi connectivity index (χ1) is 11.8. The first-order valence-electron chi connectivity index (χ1n) is 7.89. The van der Waals surface area contributed by atoms with E-state index in [0.29, 0.717) is 28.0 Å². The van der Waals surface area contributed by atoms with E-state index in [0.717, 1.165) is 0 Å². The van der Waals surface area contributed by atoms with E-state index in [1.54, 1.807) is 12.1 Å². The van der Waals surface area contributed by atoms with Crippen molar-refractivity contribution >= 4 is 22.7 Å². The van der Waals surface area contributed by atoms with E-state index >= 15 is 0 Å². The van der Waals surface area contributed by atoms with Gasteiger partial charge in [0.15, 0.2) is 0 Å². The van der Waals surface area contributed by atoms with Gasteiger partial charge in [-0.05, 0) is 35.2 Å². The van der Waals surface area contributed by atoms with Gasteiger partial charge in [-0.2, -0.15) is 4.98 Å². The zero-order chi connectivity index (χ0) is 18.2. The Kier molecular flexibility index (Phi) is 3.97. The zero-order valence-corrected chi connectivity index (χ0v) is 14.5. The van der Waals surface area contributed by atoms with E-state index in [1.807, 2.05) is 24.3 Å². The van der Waals surface area contributed by atoms with Gasteiger partial charge >= 0.3 is 0 Å². The van der Waals surface area contributed by atoms with E-state index in [1.165, 1.54) is 5.56 Å². The molecule has 0 spiro atoms. The van der Waals surface area contributed by atoms with Gasteiger partial charge in [0.25, 0.3) is 0 Å². The maximum atomic E-state index is 6.03. The van der Waals surface area contributed by atoms with Crippen LogP contribution in [0.25, 0.3) is 10.9 Å². The van der Waals surface area contributed by atoms with Crippen LogP contribution in [0.2, 0.25) is 0 Å². The summed E-state index contributed by atoms with van der Waals surface area (Å²) in [4.78, 5) is 8.22. The first-order valence-corrected chi connectivity index (χ1v) is 7.89. The minimum Gasteiger partial charge on any atom is -0.456 e. The molecule has 0 saturated carbocycles. The van der Waals surface area contributed by atoms with Gasteiger partial charge in [0.05, 0.1) is 10.9 Å². The number of hydrogen-bond acceptors (Lipinski definition) is 5. The fourth-order valence-corrected chi connectivity index (χ4v) is 2.59. The lowest BCUT2D eigenvalue weighted by atomic mass is 9.87. The summed E-state index contributed by atoms with van der Waals surface area (Å²) in [6.07, 6.45) is 5.54. The Bertz CT molecular complexity index is 980. The van der Waals surface area contributed by atoms with Crippen molar-refractivity contribution in [2.75, 3.05) is 11.5 Å². The number of nitrogens with zero attached hydrogens (tertiary/aromatic N) is 2. The van der Waals surface area contributed by atoms with Crippen molar-refractivity contribution in [3.8, 4) is 23.8 Å². The number of benzene rings is 2. The number of fused-ring (bicyclic) bond motifs is 1. The molecular weight excluding hydrogens is 312 g/mol. The summed E-state index contributed by atoms with van der Waals surface area (Å²) in [7, 11) is 0. The Balaban J connectivity index is 2.08. The molecule has 1 heterocycles. The van der Waals surface area contributed by atoms with Crippen molar-refractivity contribution in [2.24, 2.45) is 0 Å². The molecule has 126 valence electrons. The minimum atomic E-state index is 0.0738. The SMILES string of the molecule is C#Cc1cc(Oc2ccc(C(C)(C)C)cc2)c2c(N)nc(N)nc2c1. The minimum absolute atomic E-state index is 0.0738. The van der Waals surface area contributed by atoms with Crippen LogP contribution >= 0.6 is 0 Å². The quantitative estimate of drug-likeness (QED) is 0.696. The molecule has 0 saturated heterocycles. The van der Waals surface area contributed by atoms with E-state index in [9.17, 15) is 0 Å². The number of hydrogen-bond donors (Lipinski definition) is 2. The van der Waals surface area contributed by atoms with Gasteiger partial charge in [-0.25, -0.2) is 4.98 Å². The predicted molar refractivity (Wildman–Crippen MR) is 102 cm³/mol. The van der Waals surface area contributed by atoms with E-state index in [2.05, 4.69) is 36.7 Å². The van der Waals surface area contributed by atoms with Crippen molar-refractivity contribution < 1.29 is 4.74 Å². The highest BCUT2D eigenvalue weighted by Crippen LogP contribution is 2.34. The number of rotatable bonds is 2. The molecule has 0 aliphatic rings. The van der Waals surface area contributed by atoms with Gasteiger partial charge in [-0.3, -0.25) is 0 Å². The molecule has 2 aromatic carbocycles. The van der Waals surface area contributed by atoms with Gasteiger partial charge in [0, 0.05) is 5.56 Å². The molecule has 4 N–H and O–H groups in total. The number of aromatic nitrogens is 2. The normalized spacial score (nSPS) is 11.3. The summed E-state index contributed by atoms with van der Waals surface area (Å²) in [5, 5.41) is 0.591. The third-order valence-corrected chi connectivity index (χ3v) is 3.92. The van der Waals surface area contributed by atoms with Crippen molar-refractivity contribution in [1.29, 1.82) is 0 Å². The van der Waals surface area contributed by atoms with E-state index < -0.39 is 0 Å². The Labute approximate surface area is 147 Å². The largest absolute Gasteiger partial charge is 0.456 e. The average Bonchev–Trinajstić information content (AvgIpc) is 2.53. The van der Waals surface area contributed by atoms with E-state index in [4.69, 9.17) is 22.6 Å². The molecule has 3 rings (SSSR count). The Morgan fingerprint density at radius 2 is 1.72 bits per heavy atom. The smallest absolute Gasteiger partial charge is 0.222 e. The molecule has 25 heavy (non-hydrogen) atoms. The average molecular weight is 332 g/mol. The van der Waals surface area contributed by atoms with Crippen molar-refractivity contribution in [1.82, 2.24) is 9.97 Å². The highest BCUT2D eigenvalue weighted by molar-refractivity contribution is 5.95. The topological polar surface area (TPSA) is 87.0 Å². The Morgan fingerprint density at radius 1 is 1.04 bits per heavy atom. The highest BCUT2D eigenvalue weighted by atomic mass is 16.5. The van der Waals surface area contributed by atoms with Crippen molar-refractivity contribution in [3.63, 3.8) is 0 Å². The first kappa shape index (κ1) is 16.6. The second-order valence-corrected chi connectivity index (χ2v) is 6.86. The van der Waals surface area contributed by atoms with Gasteiger partial charge in [-0.1, -0.05) is 38.8 Å². The molecule has 3 aromatic rings. The monoisotopic (exact) mass is 332 g/mol. The van der Waals surface area contributed by atoms with Crippen LogP contribution < -0.4 is 16.2 Å². The molecule has 0 aliphatic carbocycles. The summed E-state index contributed by atoms with van der Waals surface area (Å²) >= 11 is 0. The van der Waals surface area contributed by atoms with Crippen molar-refractivity contribution in [3.05, 3.63) is 47.5 Å². The van der Waals surface area contributed by atoms with Gasteiger partial charge in [-0.15, -0.1) is 6.42 Å². The maximum absolute atomic E-state index is 6.03. The summed E-state index contributed by atoms with van der Waals surface area (Å²) in [5.41, 5.74) is 14.2. The fourth-order valence-electron chi connectivity index (χ4n) is 2.59. The van der Waals surface area contributed by atoms with Crippen LogP contribution in [0.15, 0.2) is 36.4 Å². The lowest BCUT2D eigenvalue weighted by Gasteiger charge is -2.19. The van der Waals surface area contributed by atoms with Crippen LogP contribution in [-0.4, -0.2) is 9.97 Å². The highest BCUT2D eigenvalue weighted by Gasteiger charge is 2.15. The fraction of sp³-hybridized carbons (Fsp3) is 0.200. The van der Waals surface area contributed by atoms with Crippen LogP contribution in [0.3, 0.4) is 0 Å². The summed E-state index contributed by atoms with van der Waals surface area (Å²) < 4.78 is 6.03. The molecule has 1 aromatic heterocycles. The molecule has 5 nitrogen and oxygen atoms in total. The number of nitrogens with two attached hydrogens (primary N) is 2. The third-order valence-electron chi connectivity index (χ3n) is 3.92. The second kappa shape index (κ2) is 5.99. The van der Waals surface area contributed by atoms with Gasteiger partial charge in [0.1, 0.15) is 17.3 Å². The molecular formula is C20H20N4O. The van der Waals surface area contributed by atoms with Crippen LogP contribution in [0.5, 0.6) is 11.5 Å². The lowest BCUT2D eigenvalue weighted by molar-refractivity contribution is 0.487. The lowest BCUT2D eigenvalue weighted by Crippen LogP contribution is -2.10. The van der Waals surface area contributed by atoms with Crippen LogP contribution in [0.1, 0.15) is 31.9 Å². The molecule has 0 atom stereocenters. The molecule has 0 fully saturated rings. The maximum Gasteiger partial charge on any atom is 0.222 e. The molecule has 0 amide bonds. The van der Waals surface area contributed by atoms with E-state index in [-0.39, 0.29) is 17.2 Å². The molecule has 0 aliphatic heterocycles. The third kappa shape index (κ3) is 3.33. The van der Waals surface area contributed by atoms with Crippen LogP contribution in [-0.2, 0) is 5.41 Å². The van der Waals surface area contributed by atoms with Crippen LogP contribution in [0.4, 0.5) is 11.8 Å². The van der Waals surface area contributed by atoms with Crippen LogP contribution in [0, 0.1) is 12.3 Å². The molecule has 5 heteroatoms. The predicted octanol–water partition coefficient (Wildman–Crippen LogP) is 3.87. The molecule has 0 unspecified atom stereocenters. The summed E-state index contributed by atoms with van der Waals surface area (Å²) in [6.45, 7) is 6.49. The van der Waals surface area contributed by atoms with Gasteiger partial charge in [0.2, 0.25) is 5.95 Å². The number of anilines is 2. The Hall–Kier alpha value is -3.26. The summed E-state index contributed by atoms with van der Waals surface area (Å²) in [5.74, 6) is 4.13. The number of terminal acetylenes is 1. The zero-order valence-electron chi connectivity index (χ0n) is 14.5. The Morgan fingerprint density at radius 3 is 2.32 bits per heavy atom. The standard InChI is InChI=1S/C20H20N4O/c1-5-12-10-15-17(18(21)24-19(22)23-15)16(11-12)25-14-8-6-13(7-9-14)20(2,3)4/h1,6-11H,2-4H3,(H4,21,22,23,24). The second-order valence-electron chi connectivity index (χ2n) is 6.86. The number of nitrogen functional groups attached to an aromatic ring is 2. The molecule has 0 radical (unpaired) electrons. The summed E-state index contributed by atoms with van der Waals surface area (Å²) in [6, 6.07) is 11.4.